The minimum absolute atomic E-state index is 0.0921. The third kappa shape index (κ3) is 12.8. The highest BCUT2D eigenvalue weighted by Crippen LogP contribution is 2.44. The highest BCUT2D eigenvalue weighted by atomic mass is 19.4. The molecule has 6 rings (SSSR count). The van der Waals surface area contributed by atoms with Gasteiger partial charge in [0.2, 0.25) is 0 Å². The molecule has 2 unspecified atom stereocenters. The molecule has 296 valence electrons. The predicted molar refractivity (Wildman–Crippen MR) is 170 cm³/mol. The molecule has 3 aromatic rings. The van der Waals surface area contributed by atoms with Gasteiger partial charge >= 0.3 is 42.4 Å². The lowest BCUT2D eigenvalue weighted by Gasteiger charge is -2.51. The summed E-state index contributed by atoms with van der Waals surface area (Å²) in [6.07, 6.45) is -9.70. The second-order valence-corrected chi connectivity index (χ2v) is 11.4. The van der Waals surface area contributed by atoms with Gasteiger partial charge in [-0.2, -0.15) is 39.5 Å². The van der Waals surface area contributed by atoms with Crippen LogP contribution in [0.25, 0.3) is 10.9 Å². The van der Waals surface area contributed by atoms with Crippen LogP contribution in [0.15, 0.2) is 67.4 Å². The number of nitrogens with zero attached hydrogens (tertiary/aromatic N) is 2. The van der Waals surface area contributed by atoms with Gasteiger partial charge < -0.3 is 30.5 Å². The van der Waals surface area contributed by atoms with E-state index >= 15 is 0 Å². The third-order valence-electron chi connectivity index (χ3n) is 7.90. The highest BCUT2D eigenvalue weighted by Gasteiger charge is 2.44. The summed E-state index contributed by atoms with van der Waals surface area (Å²) < 4.78 is 107. The molecule has 12 nitrogen and oxygen atoms in total. The fourth-order valence-electron chi connectivity index (χ4n) is 5.37. The van der Waals surface area contributed by atoms with Crippen LogP contribution in [-0.2, 0) is 19.1 Å². The van der Waals surface area contributed by atoms with Gasteiger partial charge in [0.15, 0.2) is 0 Å². The number of benzene rings is 2. The number of aliphatic carboxylic acids is 3. The summed E-state index contributed by atoms with van der Waals surface area (Å²) in [5, 5.41) is 22.3. The van der Waals surface area contributed by atoms with Crippen LogP contribution in [-0.4, -0.2) is 93.9 Å². The predicted octanol–water partition coefficient (Wildman–Crippen LogP) is 6.52. The van der Waals surface area contributed by atoms with Crippen molar-refractivity contribution in [3.63, 3.8) is 0 Å². The number of alkyl halides is 9. The summed E-state index contributed by atoms with van der Waals surface area (Å²) in [7, 11) is 1.65. The number of nitrogens with two attached hydrogens (primary N) is 1. The third-order valence-corrected chi connectivity index (χ3v) is 7.90. The van der Waals surface area contributed by atoms with Crippen LogP contribution < -0.4 is 10.5 Å². The molecule has 0 spiro atoms. The van der Waals surface area contributed by atoms with Crippen LogP contribution in [0, 0.1) is 11.8 Å². The lowest BCUT2D eigenvalue weighted by molar-refractivity contribution is -0.193. The fourth-order valence-corrected chi connectivity index (χ4v) is 5.37. The standard InChI is InChI=1S/C27H29N3O3.3C2HF3O2/c1-3-17-16-30-13-11-19(17)14-25(30)26(33-27(31)18-4-6-20(28)7-5-18)22-10-12-29-24-9-8-21(32-2)15-23(22)24;3*3-2(4,5)1(6)7/h3-10,12,15,17,19,25-26H,1,11,13-14,16,28H2,2H3;3*(H,6,7)/t17-,19+,25?,26+;;;/m0.../s1. The number of pyridine rings is 1. The van der Waals surface area contributed by atoms with Crippen molar-refractivity contribution in [3.05, 3.63) is 78.5 Å². The number of fused-ring (bicyclic) bond motifs is 4. The van der Waals surface area contributed by atoms with Crippen molar-refractivity contribution in [2.24, 2.45) is 11.8 Å². The van der Waals surface area contributed by atoms with Gasteiger partial charge in [-0.1, -0.05) is 6.08 Å². The molecular weight excluding hydrogens is 753 g/mol. The first-order chi connectivity index (χ1) is 24.9. The van der Waals surface area contributed by atoms with Gasteiger partial charge in [-0.25, -0.2) is 19.2 Å². The lowest BCUT2D eigenvalue weighted by atomic mass is 9.73. The Morgan fingerprint density at radius 3 is 1.83 bits per heavy atom. The zero-order valence-electron chi connectivity index (χ0n) is 27.8. The van der Waals surface area contributed by atoms with E-state index in [9.17, 15) is 44.3 Å². The largest absolute Gasteiger partial charge is 0.497 e. The maximum absolute atomic E-state index is 13.2. The number of carbonyl (C=O) groups is 4. The molecule has 5 N–H and O–H groups in total. The van der Waals surface area contributed by atoms with E-state index in [0.29, 0.717) is 23.1 Å². The Labute approximate surface area is 299 Å². The number of piperidine rings is 3. The first kappa shape index (κ1) is 44.6. The van der Waals surface area contributed by atoms with Gasteiger partial charge in [0.1, 0.15) is 11.9 Å². The van der Waals surface area contributed by atoms with Crippen LogP contribution in [0.4, 0.5) is 45.2 Å². The van der Waals surface area contributed by atoms with E-state index in [0.717, 1.165) is 48.1 Å². The molecule has 3 aliphatic rings. The Morgan fingerprint density at radius 1 is 0.889 bits per heavy atom. The average molecular weight is 786 g/mol. The van der Waals surface area contributed by atoms with Crippen LogP contribution in [0.1, 0.15) is 34.9 Å². The monoisotopic (exact) mass is 785 g/mol. The molecule has 4 heterocycles. The number of carbonyl (C=O) groups excluding carboxylic acids is 1. The molecule has 5 atom stereocenters. The van der Waals surface area contributed by atoms with Crippen molar-refractivity contribution in [1.29, 1.82) is 0 Å². The molecule has 3 saturated heterocycles. The summed E-state index contributed by atoms with van der Waals surface area (Å²) in [6, 6.07) is 14.7. The molecule has 54 heavy (non-hydrogen) atoms. The number of hydrogen-bond donors (Lipinski definition) is 4. The summed E-state index contributed by atoms with van der Waals surface area (Å²) >= 11 is 0. The second-order valence-electron chi connectivity index (χ2n) is 11.4. The first-order valence-corrected chi connectivity index (χ1v) is 15.2. The Balaban J connectivity index is 0.000000393. The minimum atomic E-state index is -5.08. The molecule has 0 saturated carbocycles. The summed E-state index contributed by atoms with van der Waals surface area (Å²) in [6.45, 7) is 5.99. The van der Waals surface area contributed by atoms with Crippen LogP contribution in [0.3, 0.4) is 0 Å². The molecule has 0 amide bonds. The Kier molecular flexibility index (Phi) is 15.2. The number of anilines is 1. The SMILES string of the molecule is C=C[C@H]1CN2CC[C@@H]1CC2[C@H](OC(=O)c1ccc(N)cc1)c1ccnc2ccc(OC)cc12.O=C(O)C(F)(F)F.O=C(O)C(F)(F)F.O=C(O)C(F)(F)F. The van der Waals surface area contributed by atoms with Crippen molar-refractivity contribution < 1.29 is 83.5 Å². The van der Waals surface area contributed by atoms with E-state index in [-0.39, 0.29) is 12.0 Å². The van der Waals surface area contributed by atoms with Gasteiger partial charge in [-0.05, 0) is 79.8 Å². The van der Waals surface area contributed by atoms with E-state index < -0.39 is 42.5 Å². The van der Waals surface area contributed by atoms with Crippen molar-refractivity contribution in [2.75, 3.05) is 25.9 Å². The van der Waals surface area contributed by atoms with Crippen molar-refractivity contribution >= 4 is 40.5 Å². The van der Waals surface area contributed by atoms with E-state index in [2.05, 4.69) is 22.5 Å². The number of halogens is 9. The maximum atomic E-state index is 13.2. The summed E-state index contributed by atoms with van der Waals surface area (Å²) in [4.78, 5) is 46.9. The number of rotatable bonds is 6. The van der Waals surface area contributed by atoms with E-state index in [1.165, 1.54) is 0 Å². The number of ether oxygens (including phenoxy) is 2. The molecule has 21 heteroatoms. The van der Waals surface area contributed by atoms with Crippen LogP contribution >= 0.6 is 0 Å². The molecule has 3 fully saturated rings. The number of esters is 1. The van der Waals surface area contributed by atoms with Crippen molar-refractivity contribution in [2.45, 2.75) is 43.5 Å². The molecule has 1 aromatic heterocycles. The smallest absolute Gasteiger partial charge is 0.490 e. The molecular formula is C33H32F9N3O9. The number of hydrogen-bond acceptors (Lipinski definition) is 9. The topological polar surface area (TPSA) is 190 Å². The first-order valence-electron chi connectivity index (χ1n) is 15.2. The fraction of sp³-hybridized carbons (Fsp3) is 0.364. The maximum Gasteiger partial charge on any atom is 0.490 e. The zero-order valence-corrected chi connectivity index (χ0v) is 27.8. The quantitative estimate of drug-likeness (QED) is 0.0918. The number of methoxy groups -OCH3 is 1. The summed E-state index contributed by atoms with van der Waals surface area (Å²) in [5.74, 6) is -6.84. The molecule has 0 aliphatic carbocycles. The average Bonchev–Trinajstić information content (AvgIpc) is 3.10. The Hall–Kier alpha value is -5.60. The summed E-state index contributed by atoms with van der Waals surface area (Å²) in [5.41, 5.74) is 8.71. The molecule has 2 aromatic carbocycles. The normalized spacial score (nSPS) is 19.6. The van der Waals surface area contributed by atoms with Gasteiger partial charge in [0.25, 0.3) is 0 Å². The van der Waals surface area contributed by atoms with Gasteiger partial charge in [-0.3, -0.25) is 9.88 Å². The lowest BCUT2D eigenvalue weighted by Crippen LogP contribution is -2.55. The Bertz CT molecular complexity index is 1730. The number of aromatic nitrogens is 1. The van der Waals surface area contributed by atoms with Gasteiger partial charge in [0.05, 0.1) is 24.2 Å². The highest BCUT2D eigenvalue weighted by molar-refractivity contribution is 5.90. The molecule has 2 bridgehead atoms. The second kappa shape index (κ2) is 18.4. The van der Waals surface area contributed by atoms with E-state index in [1.54, 1.807) is 37.6 Å². The minimum Gasteiger partial charge on any atom is -0.497 e. The molecule has 3 aliphatic heterocycles. The van der Waals surface area contributed by atoms with Crippen LogP contribution in [0.5, 0.6) is 5.75 Å². The zero-order chi connectivity index (χ0) is 41.2. The molecule has 0 radical (unpaired) electrons. The van der Waals surface area contributed by atoms with Gasteiger partial charge in [0, 0.05) is 29.4 Å². The van der Waals surface area contributed by atoms with Crippen LogP contribution in [0.2, 0.25) is 0 Å². The van der Waals surface area contributed by atoms with E-state index in [4.69, 9.17) is 44.9 Å². The van der Waals surface area contributed by atoms with Crippen molar-refractivity contribution in [3.8, 4) is 5.75 Å². The van der Waals surface area contributed by atoms with Gasteiger partial charge in [-0.15, -0.1) is 6.58 Å². The Morgan fingerprint density at radius 2 is 1.41 bits per heavy atom. The van der Waals surface area contributed by atoms with Crippen molar-refractivity contribution in [1.82, 2.24) is 9.88 Å². The number of carboxylic acids is 3. The number of carboxylic acid groups (broad SMARTS) is 3. The van der Waals surface area contributed by atoms with E-state index in [1.807, 2.05) is 24.3 Å². The number of nitrogen functional groups attached to an aromatic ring is 1.